The lowest BCUT2D eigenvalue weighted by Gasteiger charge is -2.17. The van der Waals surface area contributed by atoms with Crippen LogP contribution in [-0.4, -0.2) is 54.8 Å². The first-order chi connectivity index (χ1) is 16.2. The molecule has 1 unspecified atom stereocenters. The maximum absolute atomic E-state index is 11.8. The fourth-order valence-electron chi connectivity index (χ4n) is 2.85. The van der Waals surface area contributed by atoms with E-state index in [9.17, 15) is 9.67 Å². The van der Waals surface area contributed by atoms with Gasteiger partial charge in [0.15, 0.2) is 0 Å². The van der Waals surface area contributed by atoms with E-state index < -0.39 is 13.9 Å². The molecule has 0 fully saturated rings. The Hall–Kier alpha value is -2.46. The van der Waals surface area contributed by atoms with Gasteiger partial charge in [0.2, 0.25) is 5.82 Å². The van der Waals surface area contributed by atoms with Crippen LogP contribution in [0.25, 0.3) is 22.8 Å². The average Bonchev–Trinajstić information content (AvgIpc) is 3.32. The van der Waals surface area contributed by atoms with Crippen LogP contribution in [0.2, 0.25) is 5.02 Å². The van der Waals surface area contributed by atoms with Gasteiger partial charge in [-0.25, -0.2) is 4.57 Å². The van der Waals surface area contributed by atoms with Crippen LogP contribution in [-0.2, 0) is 18.1 Å². The van der Waals surface area contributed by atoms with E-state index in [1.165, 1.54) is 14.2 Å². The molecular formula is C22H27ClN3O7P. The molecule has 1 heterocycles. The largest absolute Gasteiger partial charge is 0.489 e. The molecule has 0 aliphatic rings. The molecule has 10 nitrogen and oxygen atoms in total. The molecule has 1 atom stereocenters. The third-order valence-corrected chi connectivity index (χ3v) is 6.16. The Kier molecular flexibility index (Phi) is 9.07. The van der Waals surface area contributed by atoms with Gasteiger partial charge in [-0.05, 0) is 56.3 Å². The fraction of sp³-hybridized carbons (Fsp3) is 0.364. The van der Waals surface area contributed by atoms with E-state index in [4.69, 9.17) is 25.4 Å². The SMILES string of the molecule is COP(=O)(OC)OCC(O)COc1ccc(-c2noc(-c3ccc(NC(C)C)cc3)n2)cc1Cl. The van der Waals surface area contributed by atoms with Crippen LogP contribution in [0.1, 0.15) is 13.8 Å². The molecular weight excluding hydrogens is 485 g/mol. The van der Waals surface area contributed by atoms with E-state index in [0.717, 1.165) is 11.3 Å². The molecule has 0 amide bonds. The summed E-state index contributed by atoms with van der Waals surface area (Å²) >= 11 is 6.32. The predicted octanol–water partition coefficient (Wildman–Crippen LogP) is 5.03. The highest BCUT2D eigenvalue weighted by Gasteiger charge is 2.24. The molecule has 3 rings (SSSR count). The quantitative estimate of drug-likeness (QED) is 0.319. The van der Waals surface area contributed by atoms with E-state index in [0.29, 0.717) is 34.1 Å². The third-order valence-electron chi connectivity index (χ3n) is 4.51. The Morgan fingerprint density at radius 1 is 1.09 bits per heavy atom. The highest BCUT2D eigenvalue weighted by molar-refractivity contribution is 7.48. The van der Waals surface area contributed by atoms with Crippen molar-refractivity contribution in [2.75, 3.05) is 32.8 Å². The van der Waals surface area contributed by atoms with Crippen LogP contribution >= 0.6 is 19.4 Å². The van der Waals surface area contributed by atoms with E-state index in [-0.39, 0.29) is 13.2 Å². The monoisotopic (exact) mass is 511 g/mol. The first-order valence-corrected chi connectivity index (χ1v) is 12.2. The molecule has 3 aromatic rings. The predicted molar refractivity (Wildman–Crippen MR) is 128 cm³/mol. The molecule has 34 heavy (non-hydrogen) atoms. The fourth-order valence-corrected chi connectivity index (χ4v) is 3.80. The van der Waals surface area contributed by atoms with Gasteiger partial charge in [-0.2, -0.15) is 4.98 Å². The second-order valence-corrected chi connectivity index (χ2v) is 9.81. The van der Waals surface area contributed by atoms with Gasteiger partial charge in [-0.15, -0.1) is 0 Å². The number of aliphatic hydroxyl groups is 1. The van der Waals surface area contributed by atoms with E-state index in [1.807, 2.05) is 24.3 Å². The van der Waals surface area contributed by atoms with Crippen molar-refractivity contribution >= 4 is 25.1 Å². The molecule has 0 bridgehead atoms. The zero-order valence-electron chi connectivity index (χ0n) is 19.2. The number of phosphoric ester groups is 1. The number of nitrogens with zero attached hydrogens (tertiary/aromatic N) is 2. The Morgan fingerprint density at radius 2 is 1.76 bits per heavy atom. The standard InChI is InChI=1S/C22H27ClN3O7P/c1-14(2)24-17-8-5-15(6-9-17)22-25-21(26-33-22)16-7-10-20(19(23)11-16)31-12-18(27)13-32-34(28,29-3)30-4/h5-11,14,18,24,27H,12-13H2,1-4H3. The number of anilines is 1. The number of rotatable bonds is 12. The summed E-state index contributed by atoms with van der Waals surface area (Å²) in [6.45, 7) is 3.68. The number of hydrogen-bond acceptors (Lipinski definition) is 10. The number of aromatic nitrogens is 2. The number of ether oxygens (including phenoxy) is 1. The molecule has 0 aliphatic carbocycles. The highest BCUT2D eigenvalue weighted by Crippen LogP contribution is 2.47. The smallest absolute Gasteiger partial charge is 0.474 e. The number of benzene rings is 2. The molecule has 0 spiro atoms. The van der Waals surface area contributed by atoms with Crippen LogP contribution in [0.4, 0.5) is 5.69 Å². The number of hydrogen-bond donors (Lipinski definition) is 2. The first-order valence-electron chi connectivity index (χ1n) is 10.4. The van der Waals surface area contributed by atoms with Crippen molar-refractivity contribution in [1.82, 2.24) is 10.1 Å². The molecule has 2 N–H and O–H groups in total. The van der Waals surface area contributed by atoms with Gasteiger partial charge in [0.25, 0.3) is 5.89 Å². The van der Waals surface area contributed by atoms with Gasteiger partial charge in [0.1, 0.15) is 18.5 Å². The van der Waals surface area contributed by atoms with Crippen molar-refractivity contribution in [2.24, 2.45) is 0 Å². The van der Waals surface area contributed by atoms with E-state index >= 15 is 0 Å². The lowest BCUT2D eigenvalue weighted by Crippen LogP contribution is -2.23. The minimum atomic E-state index is -3.68. The third kappa shape index (κ3) is 7.02. The lowest BCUT2D eigenvalue weighted by atomic mass is 10.2. The van der Waals surface area contributed by atoms with Gasteiger partial charge in [0, 0.05) is 37.1 Å². The van der Waals surface area contributed by atoms with Crippen LogP contribution in [0.3, 0.4) is 0 Å². The highest BCUT2D eigenvalue weighted by atomic mass is 35.5. The van der Waals surface area contributed by atoms with Crippen molar-refractivity contribution in [3.8, 4) is 28.6 Å². The average molecular weight is 512 g/mol. The van der Waals surface area contributed by atoms with Gasteiger partial charge < -0.3 is 19.7 Å². The zero-order valence-corrected chi connectivity index (χ0v) is 20.9. The minimum Gasteiger partial charge on any atom is -0.489 e. The van der Waals surface area contributed by atoms with Crippen LogP contribution in [0.5, 0.6) is 5.75 Å². The molecule has 0 aliphatic heterocycles. The number of aliphatic hydroxyl groups excluding tert-OH is 1. The number of halogens is 1. The lowest BCUT2D eigenvalue weighted by molar-refractivity contribution is 0.0432. The molecule has 0 saturated heterocycles. The molecule has 1 aromatic heterocycles. The topological polar surface area (TPSA) is 125 Å². The summed E-state index contributed by atoms with van der Waals surface area (Å²) in [4.78, 5) is 4.45. The Labute approximate surface area is 202 Å². The first kappa shape index (κ1) is 26.2. The van der Waals surface area contributed by atoms with Crippen LogP contribution in [0, 0.1) is 0 Å². The summed E-state index contributed by atoms with van der Waals surface area (Å²) in [5, 5.41) is 17.6. The second kappa shape index (κ2) is 11.8. The van der Waals surface area contributed by atoms with Crippen molar-refractivity contribution in [3.05, 3.63) is 47.5 Å². The maximum atomic E-state index is 11.8. The van der Waals surface area contributed by atoms with E-state index in [1.54, 1.807) is 18.2 Å². The summed E-state index contributed by atoms with van der Waals surface area (Å²) in [5.74, 6) is 1.09. The Bertz CT molecular complexity index is 1120. The van der Waals surface area contributed by atoms with Gasteiger partial charge in [-0.3, -0.25) is 13.6 Å². The van der Waals surface area contributed by atoms with Gasteiger partial charge in [0.05, 0.1) is 11.6 Å². The Balaban J connectivity index is 1.61. The minimum absolute atomic E-state index is 0.152. The number of nitrogens with one attached hydrogen (secondary N) is 1. The zero-order chi connectivity index (χ0) is 24.7. The van der Waals surface area contributed by atoms with Gasteiger partial charge >= 0.3 is 7.82 Å². The molecule has 0 saturated carbocycles. The Morgan fingerprint density at radius 3 is 2.38 bits per heavy atom. The molecule has 2 aromatic carbocycles. The second-order valence-electron chi connectivity index (χ2n) is 7.52. The van der Waals surface area contributed by atoms with Crippen LogP contribution in [0.15, 0.2) is 47.0 Å². The van der Waals surface area contributed by atoms with Crippen LogP contribution < -0.4 is 10.1 Å². The molecule has 0 radical (unpaired) electrons. The summed E-state index contributed by atoms with van der Waals surface area (Å²) < 4.78 is 37.0. The normalized spacial score (nSPS) is 12.7. The molecule has 12 heteroatoms. The van der Waals surface area contributed by atoms with Gasteiger partial charge in [-0.1, -0.05) is 16.8 Å². The summed E-state index contributed by atoms with van der Waals surface area (Å²) in [6, 6.07) is 13.0. The van der Waals surface area contributed by atoms with Crippen molar-refractivity contribution < 1.29 is 32.5 Å². The summed E-state index contributed by atoms with van der Waals surface area (Å²) in [6.07, 6.45) is -1.09. The maximum Gasteiger partial charge on any atom is 0.474 e. The number of phosphoric acid groups is 1. The van der Waals surface area contributed by atoms with Crippen molar-refractivity contribution in [3.63, 3.8) is 0 Å². The van der Waals surface area contributed by atoms with E-state index in [2.05, 4.69) is 38.4 Å². The summed E-state index contributed by atoms with van der Waals surface area (Å²) in [7, 11) is -1.31. The summed E-state index contributed by atoms with van der Waals surface area (Å²) in [5.41, 5.74) is 2.43. The van der Waals surface area contributed by atoms with Crippen molar-refractivity contribution in [1.29, 1.82) is 0 Å². The molecule has 184 valence electrons. The van der Waals surface area contributed by atoms with Crippen molar-refractivity contribution in [2.45, 2.75) is 26.0 Å².